The molecule has 0 saturated carbocycles. The van der Waals surface area contributed by atoms with Crippen LogP contribution in [0.2, 0.25) is 0 Å². The summed E-state index contributed by atoms with van der Waals surface area (Å²) in [4.78, 5) is 10.9. The van der Waals surface area contributed by atoms with Crippen molar-refractivity contribution in [3.8, 4) is 5.69 Å². The van der Waals surface area contributed by atoms with E-state index in [9.17, 15) is 4.79 Å². The van der Waals surface area contributed by atoms with Crippen LogP contribution in [0.4, 0.5) is 0 Å². The molecule has 1 aromatic heterocycles. The van der Waals surface area contributed by atoms with E-state index in [2.05, 4.69) is 15.5 Å². The number of nitrogens with zero attached hydrogens (tertiary/aromatic N) is 4. The van der Waals surface area contributed by atoms with E-state index in [1.165, 1.54) is 11.8 Å². The Labute approximate surface area is 125 Å². The van der Waals surface area contributed by atoms with Crippen LogP contribution in [0.15, 0.2) is 35.5 Å². The maximum atomic E-state index is 10.9. The lowest BCUT2D eigenvalue weighted by Crippen LogP contribution is -2.21. The zero-order valence-electron chi connectivity index (χ0n) is 11.1. The summed E-state index contributed by atoms with van der Waals surface area (Å²) in [6.45, 7) is 0. The van der Waals surface area contributed by atoms with Gasteiger partial charge in [0.15, 0.2) is 6.10 Å². The van der Waals surface area contributed by atoms with Crippen molar-refractivity contribution in [3.05, 3.63) is 30.3 Å². The first-order valence-electron chi connectivity index (χ1n) is 6.59. The predicted octanol–water partition coefficient (Wildman–Crippen LogP) is 1.39. The van der Waals surface area contributed by atoms with Crippen LogP contribution in [0.3, 0.4) is 0 Å². The zero-order chi connectivity index (χ0) is 14.7. The van der Waals surface area contributed by atoms with E-state index in [4.69, 9.17) is 9.84 Å². The Bertz CT molecular complexity index is 619. The summed E-state index contributed by atoms with van der Waals surface area (Å²) in [5.41, 5.74) is 0.890. The number of rotatable bonds is 5. The Balaban J connectivity index is 1.62. The van der Waals surface area contributed by atoms with Gasteiger partial charge in [0.1, 0.15) is 0 Å². The first kappa shape index (κ1) is 14.0. The highest BCUT2D eigenvalue weighted by Crippen LogP contribution is 2.26. The fourth-order valence-corrected chi connectivity index (χ4v) is 3.12. The van der Waals surface area contributed by atoms with Crippen LogP contribution >= 0.6 is 11.8 Å². The molecule has 110 valence electrons. The van der Waals surface area contributed by atoms with E-state index in [1.807, 2.05) is 30.3 Å². The van der Waals surface area contributed by atoms with Crippen LogP contribution in [0, 0.1) is 0 Å². The van der Waals surface area contributed by atoms with Gasteiger partial charge in [-0.1, -0.05) is 30.0 Å². The maximum absolute atomic E-state index is 10.9. The van der Waals surface area contributed by atoms with Crippen molar-refractivity contribution >= 4 is 17.7 Å². The minimum absolute atomic E-state index is 0.0722. The molecule has 1 fully saturated rings. The first-order chi connectivity index (χ1) is 10.2. The van der Waals surface area contributed by atoms with Gasteiger partial charge in [0.25, 0.3) is 0 Å². The highest BCUT2D eigenvalue weighted by atomic mass is 32.2. The number of carboxylic acids is 1. The quantitative estimate of drug-likeness (QED) is 0.835. The third kappa shape index (κ3) is 3.22. The summed E-state index contributed by atoms with van der Waals surface area (Å²) in [5, 5.41) is 21.2. The predicted molar refractivity (Wildman–Crippen MR) is 75.4 cm³/mol. The lowest BCUT2D eigenvalue weighted by atomic mass is 10.2. The molecule has 2 unspecified atom stereocenters. The number of ether oxygens (including phenoxy) is 1. The molecule has 0 amide bonds. The molecule has 1 aliphatic rings. The Morgan fingerprint density at radius 3 is 2.90 bits per heavy atom. The monoisotopic (exact) mass is 306 g/mol. The Kier molecular flexibility index (Phi) is 4.16. The molecular weight excluding hydrogens is 292 g/mol. The van der Waals surface area contributed by atoms with Crippen LogP contribution < -0.4 is 0 Å². The third-order valence-corrected chi connectivity index (χ3v) is 4.27. The van der Waals surface area contributed by atoms with Crippen LogP contribution in [0.1, 0.15) is 12.8 Å². The van der Waals surface area contributed by atoms with Gasteiger partial charge in [-0.2, -0.15) is 4.68 Å². The van der Waals surface area contributed by atoms with Gasteiger partial charge in [0.05, 0.1) is 11.8 Å². The molecule has 1 N–H and O–H groups in total. The highest BCUT2D eigenvalue weighted by Gasteiger charge is 2.30. The number of carbonyl (C=O) groups is 1. The molecule has 1 aromatic carbocycles. The molecule has 0 spiro atoms. The molecule has 0 radical (unpaired) electrons. The molecule has 0 bridgehead atoms. The summed E-state index contributed by atoms with van der Waals surface area (Å²) >= 11 is 1.47. The van der Waals surface area contributed by atoms with Gasteiger partial charge in [0, 0.05) is 5.75 Å². The second-order valence-corrected chi connectivity index (χ2v) is 5.67. The van der Waals surface area contributed by atoms with Gasteiger partial charge in [-0.05, 0) is 35.4 Å². The van der Waals surface area contributed by atoms with Crippen LogP contribution in [0.5, 0.6) is 0 Å². The summed E-state index contributed by atoms with van der Waals surface area (Å²) < 4.78 is 7.13. The summed E-state index contributed by atoms with van der Waals surface area (Å²) in [5.74, 6) is -0.256. The largest absolute Gasteiger partial charge is 0.479 e. The van der Waals surface area contributed by atoms with Gasteiger partial charge >= 0.3 is 5.97 Å². The maximum Gasteiger partial charge on any atom is 0.332 e. The van der Waals surface area contributed by atoms with Crippen LogP contribution in [0.25, 0.3) is 5.69 Å². The van der Waals surface area contributed by atoms with Crippen LogP contribution in [-0.2, 0) is 9.53 Å². The Morgan fingerprint density at radius 1 is 1.38 bits per heavy atom. The third-order valence-electron chi connectivity index (χ3n) is 3.22. The molecule has 21 heavy (non-hydrogen) atoms. The highest BCUT2D eigenvalue weighted by molar-refractivity contribution is 7.99. The smallest absolute Gasteiger partial charge is 0.332 e. The minimum atomic E-state index is -0.892. The first-order valence-corrected chi connectivity index (χ1v) is 7.57. The lowest BCUT2D eigenvalue weighted by molar-refractivity contribution is -0.148. The van der Waals surface area contributed by atoms with Gasteiger partial charge < -0.3 is 9.84 Å². The minimum Gasteiger partial charge on any atom is -0.479 e. The Morgan fingerprint density at radius 2 is 2.19 bits per heavy atom. The van der Waals surface area contributed by atoms with Crippen molar-refractivity contribution in [2.75, 3.05) is 5.75 Å². The SMILES string of the molecule is O=C(O)C1CCC(CSc2nnnn2-c2ccccc2)O1. The fraction of sp³-hybridized carbons (Fsp3) is 0.385. The molecular formula is C13H14N4O3S. The molecule has 0 aliphatic carbocycles. The van der Waals surface area contributed by atoms with E-state index >= 15 is 0 Å². The number of hydrogen-bond donors (Lipinski definition) is 1. The molecule has 1 aliphatic heterocycles. The molecule has 7 nitrogen and oxygen atoms in total. The number of carboxylic acid groups (broad SMARTS) is 1. The number of para-hydroxylation sites is 1. The zero-order valence-corrected chi connectivity index (χ0v) is 11.9. The van der Waals surface area contributed by atoms with E-state index < -0.39 is 12.1 Å². The van der Waals surface area contributed by atoms with E-state index in [0.29, 0.717) is 17.3 Å². The molecule has 8 heteroatoms. The van der Waals surface area contributed by atoms with Crippen molar-refractivity contribution in [3.63, 3.8) is 0 Å². The topological polar surface area (TPSA) is 90.1 Å². The number of aromatic nitrogens is 4. The van der Waals surface area contributed by atoms with Crippen molar-refractivity contribution in [1.82, 2.24) is 20.2 Å². The number of tetrazole rings is 1. The van der Waals surface area contributed by atoms with E-state index in [0.717, 1.165) is 12.1 Å². The number of aliphatic carboxylic acids is 1. The van der Waals surface area contributed by atoms with Crippen molar-refractivity contribution in [2.24, 2.45) is 0 Å². The number of thioether (sulfide) groups is 1. The average Bonchev–Trinajstić information content (AvgIpc) is 3.15. The average molecular weight is 306 g/mol. The normalized spacial score (nSPS) is 21.5. The van der Waals surface area contributed by atoms with Crippen molar-refractivity contribution in [2.45, 2.75) is 30.2 Å². The number of benzene rings is 1. The summed E-state index contributed by atoms with van der Waals surface area (Å²) in [6.07, 6.45) is 0.555. The molecule has 2 atom stereocenters. The standard InChI is InChI=1S/C13H14N4O3S/c18-12(19)11-7-6-10(20-11)8-21-13-14-15-16-17(13)9-4-2-1-3-5-9/h1-5,10-11H,6-8H2,(H,18,19). The van der Waals surface area contributed by atoms with Crippen LogP contribution in [-0.4, -0.2) is 49.2 Å². The molecule has 1 saturated heterocycles. The fourth-order valence-electron chi connectivity index (χ4n) is 2.18. The van der Waals surface area contributed by atoms with Gasteiger partial charge in [0.2, 0.25) is 5.16 Å². The second-order valence-electron chi connectivity index (χ2n) is 4.68. The van der Waals surface area contributed by atoms with E-state index in [1.54, 1.807) is 4.68 Å². The molecule has 2 heterocycles. The van der Waals surface area contributed by atoms with Crippen molar-refractivity contribution < 1.29 is 14.6 Å². The molecule has 2 aromatic rings. The number of hydrogen-bond acceptors (Lipinski definition) is 6. The Hall–Kier alpha value is -1.93. The second kappa shape index (κ2) is 6.23. The molecule has 3 rings (SSSR count). The van der Waals surface area contributed by atoms with E-state index in [-0.39, 0.29) is 6.10 Å². The summed E-state index contributed by atoms with van der Waals surface area (Å²) in [7, 11) is 0. The van der Waals surface area contributed by atoms with Gasteiger partial charge in [-0.25, -0.2) is 4.79 Å². The lowest BCUT2D eigenvalue weighted by Gasteiger charge is -2.10. The summed E-state index contributed by atoms with van der Waals surface area (Å²) in [6, 6.07) is 9.62. The van der Waals surface area contributed by atoms with Gasteiger partial charge in [-0.3, -0.25) is 0 Å². The van der Waals surface area contributed by atoms with Crippen molar-refractivity contribution in [1.29, 1.82) is 0 Å². The van der Waals surface area contributed by atoms with Gasteiger partial charge in [-0.15, -0.1) is 5.10 Å².